The number of aryl methyl sites for hydroxylation is 1. The predicted octanol–water partition coefficient (Wildman–Crippen LogP) is 4.95. The number of benzene rings is 2. The van der Waals surface area contributed by atoms with Crippen LogP contribution in [0.4, 0.5) is 5.13 Å². The minimum Gasteiger partial charge on any atom is -0.298 e. The molecule has 1 heterocycles. The van der Waals surface area contributed by atoms with Crippen LogP contribution in [0.5, 0.6) is 0 Å². The van der Waals surface area contributed by atoms with Crippen LogP contribution in [0.3, 0.4) is 0 Å². The van der Waals surface area contributed by atoms with Gasteiger partial charge in [0.15, 0.2) is 5.13 Å². The molecule has 0 fully saturated rings. The zero-order chi connectivity index (χ0) is 16.2. The van der Waals surface area contributed by atoms with E-state index in [1.165, 1.54) is 16.9 Å². The Morgan fingerprint density at radius 2 is 1.83 bits per heavy atom. The quantitative estimate of drug-likeness (QED) is 0.729. The lowest BCUT2D eigenvalue weighted by molar-refractivity contribution is 0.102. The Bertz CT molecular complexity index is 813. The third-order valence-electron chi connectivity index (χ3n) is 3.43. The van der Waals surface area contributed by atoms with E-state index in [0.717, 1.165) is 22.0 Å². The number of aromatic nitrogens is 1. The third-order valence-corrected chi connectivity index (χ3v) is 4.75. The van der Waals surface area contributed by atoms with Crippen molar-refractivity contribution in [2.24, 2.45) is 0 Å². The van der Waals surface area contributed by atoms with Crippen LogP contribution in [0, 0.1) is 6.92 Å². The van der Waals surface area contributed by atoms with E-state index >= 15 is 0 Å². The first kappa shape index (κ1) is 15.7. The van der Waals surface area contributed by atoms with Gasteiger partial charge in [0.05, 0.1) is 5.69 Å². The third kappa shape index (κ3) is 3.97. The summed E-state index contributed by atoms with van der Waals surface area (Å²) in [5.41, 5.74) is 2.73. The zero-order valence-corrected chi connectivity index (χ0v) is 14.1. The minimum atomic E-state index is -0.141. The molecule has 1 amide bonds. The molecule has 5 heteroatoms. The van der Waals surface area contributed by atoms with Crippen LogP contribution in [0.2, 0.25) is 5.02 Å². The Labute approximate surface area is 144 Å². The number of carbonyl (C=O) groups is 1. The summed E-state index contributed by atoms with van der Waals surface area (Å²) in [4.78, 5) is 17.8. The lowest BCUT2D eigenvalue weighted by Gasteiger charge is -2.01. The van der Waals surface area contributed by atoms with Gasteiger partial charge >= 0.3 is 0 Å². The molecule has 0 saturated carbocycles. The number of amides is 1. The molecule has 0 atom stereocenters. The summed E-state index contributed by atoms with van der Waals surface area (Å²) in [6.45, 7) is 1.96. The number of hydrogen-bond acceptors (Lipinski definition) is 3. The summed E-state index contributed by atoms with van der Waals surface area (Å²) in [6.07, 6.45) is 0.780. The topological polar surface area (TPSA) is 42.0 Å². The van der Waals surface area contributed by atoms with E-state index in [-0.39, 0.29) is 5.91 Å². The number of rotatable bonds is 4. The van der Waals surface area contributed by atoms with Gasteiger partial charge in [-0.15, -0.1) is 11.3 Å². The van der Waals surface area contributed by atoms with Crippen molar-refractivity contribution in [3.05, 3.63) is 81.3 Å². The van der Waals surface area contributed by atoms with Crippen molar-refractivity contribution >= 4 is 34.0 Å². The maximum atomic E-state index is 12.2. The minimum absolute atomic E-state index is 0.141. The van der Waals surface area contributed by atoms with Crippen molar-refractivity contribution in [2.75, 3.05) is 5.32 Å². The summed E-state index contributed by atoms with van der Waals surface area (Å²) in [5.74, 6) is -0.141. The van der Waals surface area contributed by atoms with Crippen molar-refractivity contribution in [3.8, 4) is 0 Å². The predicted molar refractivity (Wildman–Crippen MR) is 95.5 cm³/mol. The van der Waals surface area contributed by atoms with Crippen molar-refractivity contribution in [3.63, 3.8) is 0 Å². The molecule has 23 heavy (non-hydrogen) atoms. The summed E-state index contributed by atoms with van der Waals surface area (Å²) >= 11 is 7.41. The van der Waals surface area contributed by atoms with Gasteiger partial charge in [0.1, 0.15) is 0 Å². The van der Waals surface area contributed by atoms with Gasteiger partial charge in [-0.25, -0.2) is 4.98 Å². The van der Waals surface area contributed by atoms with E-state index in [2.05, 4.69) is 10.3 Å². The van der Waals surface area contributed by atoms with E-state index in [1.807, 2.05) is 49.4 Å². The molecule has 0 saturated heterocycles. The fourth-order valence-electron chi connectivity index (χ4n) is 2.19. The molecule has 0 unspecified atom stereocenters. The summed E-state index contributed by atoms with van der Waals surface area (Å²) in [5, 5.41) is 4.21. The highest BCUT2D eigenvalue weighted by molar-refractivity contribution is 7.15. The van der Waals surface area contributed by atoms with Gasteiger partial charge in [0.2, 0.25) is 0 Å². The van der Waals surface area contributed by atoms with Crippen LogP contribution >= 0.6 is 22.9 Å². The Morgan fingerprint density at radius 3 is 2.52 bits per heavy atom. The van der Waals surface area contributed by atoms with Gasteiger partial charge in [0.25, 0.3) is 5.91 Å². The highest BCUT2D eigenvalue weighted by Gasteiger charge is 2.12. The van der Waals surface area contributed by atoms with Crippen molar-refractivity contribution in [1.82, 2.24) is 4.98 Å². The van der Waals surface area contributed by atoms with Gasteiger partial charge in [-0.2, -0.15) is 0 Å². The molecule has 0 spiro atoms. The van der Waals surface area contributed by atoms with Crippen LogP contribution in [0.1, 0.15) is 26.5 Å². The van der Waals surface area contributed by atoms with Gasteiger partial charge in [-0.05, 0) is 36.8 Å². The average molecular weight is 343 g/mol. The summed E-state index contributed by atoms with van der Waals surface area (Å²) in [7, 11) is 0. The molecule has 0 radical (unpaired) electrons. The van der Waals surface area contributed by atoms with E-state index in [9.17, 15) is 4.79 Å². The maximum Gasteiger partial charge on any atom is 0.257 e. The Morgan fingerprint density at radius 1 is 1.13 bits per heavy atom. The van der Waals surface area contributed by atoms with Crippen LogP contribution in [-0.4, -0.2) is 10.9 Å². The van der Waals surface area contributed by atoms with Crippen molar-refractivity contribution in [2.45, 2.75) is 13.3 Å². The molecule has 1 aromatic heterocycles. The van der Waals surface area contributed by atoms with E-state index in [4.69, 9.17) is 11.6 Å². The lowest BCUT2D eigenvalue weighted by Crippen LogP contribution is -2.11. The second-order valence-electron chi connectivity index (χ2n) is 5.15. The van der Waals surface area contributed by atoms with Crippen molar-refractivity contribution < 1.29 is 4.79 Å². The van der Waals surface area contributed by atoms with E-state index < -0.39 is 0 Å². The number of nitrogens with one attached hydrogen (secondary N) is 1. The standard InChI is InChI=1S/C18H15ClN2OS/c1-12-16(11-13-7-9-15(19)10-8-13)23-18(20-12)21-17(22)14-5-3-2-4-6-14/h2-10H,11H2,1H3,(H,20,21,22). The fraction of sp³-hybridized carbons (Fsp3) is 0.111. The van der Waals surface area contributed by atoms with Gasteiger partial charge in [-0.1, -0.05) is 41.9 Å². The average Bonchev–Trinajstić information content (AvgIpc) is 2.90. The number of hydrogen-bond donors (Lipinski definition) is 1. The first-order valence-corrected chi connectivity index (χ1v) is 8.38. The summed E-state index contributed by atoms with van der Waals surface area (Å²) in [6, 6.07) is 16.9. The lowest BCUT2D eigenvalue weighted by atomic mass is 10.1. The molecule has 116 valence electrons. The monoisotopic (exact) mass is 342 g/mol. The Hall–Kier alpha value is -2.17. The highest BCUT2D eigenvalue weighted by Crippen LogP contribution is 2.26. The van der Waals surface area contributed by atoms with Crippen LogP contribution in [0.25, 0.3) is 0 Å². The molecule has 0 aliphatic rings. The Kier molecular flexibility index (Phi) is 4.74. The van der Waals surface area contributed by atoms with E-state index in [1.54, 1.807) is 12.1 Å². The fourth-order valence-corrected chi connectivity index (χ4v) is 3.31. The zero-order valence-electron chi connectivity index (χ0n) is 12.5. The van der Waals surface area contributed by atoms with Gasteiger partial charge in [-0.3, -0.25) is 10.1 Å². The van der Waals surface area contributed by atoms with Crippen LogP contribution in [-0.2, 0) is 6.42 Å². The maximum absolute atomic E-state index is 12.2. The largest absolute Gasteiger partial charge is 0.298 e. The van der Waals surface area contributed by atoms with Crippen LogP contribution < -0.4 is 5.32 Å². The van der Waals surface area contributed by atoms with Crippen LogP contribution in [0.15, 0.2) is 54.6 Å². The molecule has 3 rings (SSSR count). The number of thiazole rings is 1. The molecule has 2 aromatic carbocycles. The number of anilines is 1. The molecular formula is C18H15ClN2OS. The number of carbonyl (C=O) groups excluding carboxylic acids is 1. The number of halogens is 1. The smallest absolute Gasteiger partial charge is 0.257 e. The Balaban J connectivity index is 1.73. The normalized spacial score (nSPS) is 10.5. The van der Waals surface area contributed by atoms with Crippen molar-refractivity contribution in [1.29, 1.82) is 0 Å². The SMILES string of the molecule is Cc1nc(NC(=O)c2ccccc2)sc1Cc1ccc(Cl)cc1. The summed E-state index contributed by atoms with van der Waals surface area (Å²) < 4.78 is 0. The molecule has 0 bridgehead atoms. The molecule has 0 aliphatic heterocycles. The second-order valence-corrected chi connectivity index (χ2v) is 6.67. The van der Waals surface area contributed by atoms with Gasteiger partial charge in [0, 0.05) is 21.9 Å². The van der Waals surface area contributed by atoms with Gasteiger partial charge < -0.3 is 0 Å². The molecule has 1 N–H and O–H groups in total. The molecule has 3 nitrogen and oxygen atoms in total. The molecular weight excluding hydrogens is 328 g/mol. The van der Waals surface area contributed by atoms with E-state index in [0.29, 0.717) is 10.7 Å². The first-order valence-electron chi connectivity index (χ1n) is 7.19. The first-order chi connectivity index (χ1) is 11.1. The second kappa shape index (κ2) is 6.94. The molecule has 3 aromatic rings. The molecule has 0 aliphatic carbocycles. The number of nitrogens with zero attached hydrogens (tertiary/aromatic N) is 1. The highest BCUT2D eigenvalue weighted by atomic mass is 35.5.